The van der Waals surface area contributed by atoms with Crippen LogP contribution >= 0.6 is 11.3 Å². The molecular formula is C15H24N4OS. The van der Waals surface area contributed by atoms with Crippen LogP contribution in [0.4, 0.5) is 0 Å². The fourth-order valence-corrected chi connectivity index (χ4v) is 3.27. The zero-order valence-electron chi connectivity index (χ0n) is 13.4. The van der Waals surface area contributed by atoms with Crippen molar-refractivity contribution in [3.05, 3.63) is 28.0 Å². The van der Waals surface area contributed by atoms with Crippen LogP contribution in [0.2, 0.25) is 0 Å². The highest BCUT2D eigenvalue weighted by atomic mass is 32.1. The molecule has 0 aliphatic carbocycles. The lowest BCUT2D eigenvalue weighted by molar-refractivity contribution is 0.393. The SMILES string of the molecule is CCCNC(c1scnc1C)c1c(OC)cnn1C(C)C. The molecule has 1 N–H and O–H groups in total. The van der Waals surface area contributed by atoms with Crippen LogP contribution in [0.5, 0.6) is 5.75 Å². The van der Waals surface area contributed by atoms with Gasteiger partial charge in [0, 0.05) is 6.04 Å². The number of thiazole rings is 1. The van der Waals surface area contributed by atoms with Crippen LogP contribution in [0.3, 0.4) is 0 Å². The maximum absolute atomic E-state index is 5.54. The first-order valence-corrected chi connectivity index (χ1v) is 8.22. The molecule has 116 valence electrons. The molecule has 0 bridgehead atoms. The number of ether oxygens (including phenoxy) is 1. The van der Waals surface area contributed by atoms with Gasteiger partial charge in [0.1, 0.15) is 5.69 Å². The van der Waals surface area contributed by atoms with Crippen LogP contribution in [-0.2, 0) is 0 Å². The third kappa shape index (κ3) is 3.27. The van der Waals surface area contributed by atoms with Gasteiger partial charge in [-0.2, -0.15) is 5.10 Å². The lowest BCUT2D eigenvalue weighted by Crippen LogP contribution is -2.26. The van der Waals surface area contributed by atoms with Gasteiger partial charge in [0.25, 0.3) is 0 Å². The summed E-state index contributed by atoms with van der Waals surface area (Å²) in [6, 6.07) is 0.348. The molecule has 2 aromatic heterocycles. The third-order valence-electron chi connectivity index (χ3n) is 3.42. The highest BCUT2D eigenvalue weighted by molar-refractivity contribution is 7.09. The van der Waals surface area contributed by atoms with Crippen molar-refractivity contribution in [2.24, 2.45) is 0 Å². The Morgan fingerprint density at radius 1 is 1.43 bits per heavy atom. The molecule has 0 radical (unpaired) electrons. The summed E-state index contributed by atoms with van der Waals surface area (Å²) in [7, 11) is 1.70. The minimum atomic E-state index is 0.0669. The summed E-state index contributed by atoms with van der Waals surface area (Å²) in [5, 5.41) is 8.11. The van der Waals surface area contributed by atoms with Crippen molar-refractivity contribution in [3.8, 4) is 5.75 Å². The van der Waals surface area contributed by atoms with Gasteiger partial charge in [-0.3, -0.25) is 4.68 Å². The van der Waals surface area contributed by atoms with E-state index in [0.717, 1.165) is 30.1 Å². The predicted octanol–water partition coefficient (Wildman–Crippen LogP) is 3.33. The van der Waals surface area contributed by atoms with Gasteiger partial charge in [-0.15, -0.1) is 11.3 Å². The van der Waals surface area contributed by atoms with Gasteiger partial charge in [0.15, 0.2) is 5.75 Å². The summed E-state index contributed by atoms with van der Waals surface area (Å²) in [5.41, 5.74) is 4.04. The third-order valence-corrected chi connectivity index (χ3v) is 4.42. The van der Waals surface area contributed by atoms with E-state index in [9.17, 15) is 0 Å². The van der Waals surface area contributed by atoms with Gasteiger partial charge in [-0.05, 0) is 33.7 Å². The molecule has 0 fully saturated rings. The van der Waals surface area contributed by atoms with Crippen molar-refractivity contribution in [1.29, 1.82) is 0 Å². The topological polar surface area (TPSA) is 52.0 Å². The summed E-state index contributed by atoms with van der Waals surface area (Å²) in [5.74, 6) is 0.824. The zero-order valence-corrected chi connectivity index (χ0v) is 14.2. The maximum atomic E-state index is 5.54. The Balaban J connectivity index is 2.50. The molecule has 21 heavy (non-hydrogen) atoms. The van der Waals surface area contributed by atoms with E-state index in [-0.39, 0.29) is 12.1 Å². The maximum Gasteiger partial charge on any atom is 0.161 e. The minimum Gasteiger partial charge on any atom is -0.493 e. The van der Waals surface area contributed by atoms with Crippen LogP contribution < -0.4 is 10.1 Å². The molecular weight excluding hydrogens is 284 g/mol. The number of methoxy groups -OCH3 is 1. The largest absolute Gasteiger partial charge is 0.493 e. The number of nitrogens with zero attached hydrogens (tertiary/aromatic N) is 3. The second-order valence-corrected chi connectivity index (χ2v) is 6.21. The van der Waals surface area contributed by atoms with Crippen LogP contribution in [0.15, 0.2) is 11.7 Å². The smallest absolute Gasteiger partial charge is 0.161 e. The molecule has 2 aromatic rings. The molecule has 5 nitrogen and oxygen atoms in total. The van der Waals surface area contributed by atoms with E-state index in [1.807, 2.05) is 10.2 Å². The number of rotatable bonds is 7. The average Bonchev–Trinajstić information content (AvgIpc) is 3.06. The van der Waals surface area contributed by atoms with Gasteiger partial charge in [-0.25, -0.2) is 4.98 Å². The Labute approximate surface area is 130 Å². The number of hydrogen-bond donors (Lipinski definition) is 1. The molecule has 0 aliphatic rings. The first-order chi connectivity index (χ1) is 10.1. The van der Waals surface area contributed by atoms with Crippen molar-refractivity contribution in [2.75, 3.05) is 13.7 Å². The van der Waals surface area contributed by atoms with E-state index in [4.69, 9.17) is 4.74 Å². The summed E-state index contributed by atoms with van der Waals surface area (Å²) in [6.07, 6.45) is 2.87. The highest BCUT2D eigenvalue weighted by Crippen LogP contribution is 2.34. The van der Waals surface area contributed by atoms with Crippen LogP contribution in [0.1, 0.15) is 55.5 Å². The summed E-state index contributed by atoms with van der Waals surface area (Å²) >= 11 is 1.68. The molecule has 0 saturated heterocycles. The predicted molar refractivity (Wildman–Crippen MR) is 86.2 cm³/mol. The number of hydrogen-bond acceptors (Lipinski definition) is 5. The number of aryl methyl sites for hydroxylation is 1. The molecule has 1 atom stereocenters. The zero-order chi connectivity index (χ0) is 15.4. The van der Waals surface area contributed by atoms with E-state index >= 15 is 0 Å². The Kier molecular flexibility index (Phi) is 5.36. The molecule has 6 heteroatoms. The monoisotopic (exact) mass is 308 g/mol. The van der Waals surface area contributed by atoms with Crippen molar-refractivity contribution >= 4 is 11.3 Å². The van der Waals surface area contributed by atoms with Gasteiger partial charge < -0.3 is 10.1 Å². The first-order valence-electron chi connectivity index (χ1n) is 7.34. The summed E-state index contributed by atoms with van der Waals surface area (Å²) < 4.78 is 7.57. The number of aromatic nitrogens is 3. The van der Waals surface area contributed by atoms with E-state index in [1.165, 1.54) is 4.88 Å². The normalized spacial score (nSPS) is 12.9. The van der Waals surface area contributed by atoms with Gasteiger partial charge in [0.05, 0.1) is 35.4 Å². The molecule has 0 spiro atoms. The Hall–Kier alpha value is -1.40. The summed E-state index contributed by atoms with van der Waals surface area (Å²) in [6.45, 7) is 9.42. The van der Waals surface area contributed by atoms with Crippen LogP contribution in [0, 0.1) is 6.92 Å². The van der Waals surface area contributed by atoms with Crippen molar-refractivity contribution in [2.45, 2.75) is 46.2 Å². The second kappa shape index (κ2) is 7.04. The number of nitrogens with one attached hydrogen (secondary N) is 1. The molecule has 0 aliphatic heterocycles. The second-order valence-electron chi connectivity index (χ2n) is 5.33. The summed E-state index contributed by atoms with van der Waals surface area (Å²) in [4.78, 5) is 5.62. The minimum absolute atomic E-state index is 0.0669. The van der Waals surface area contributed by atoms with Crippen molar-refractivity contribution in [1.82, 2.24) is 20.1 Å². The van der Waals surface area contributed by atoms with Crippen molar-refractivity contribution < 1.29 is 4.74 Å². The quantitative estimate of drug-likeness (QED) is 0.852. The van der Waals surface area contributed by atoms with Crippen LogP contribution in [0.25, 0.3) is 0 Å². The molecule has 0 saturated carbocycles. The Morgan fingerprint density at radius 3 is 2.71 bits per heavy atom. The van der Waals surface area contributed by atoms with Gasteiger partial charge in [0.2, 0.25) is 0 Å². The first kappa shape index (κ1) is 16.0. The Morgan fingerprint density at radius 2 is 2.19 bits per heavy atom. The molecule has 2 rings (SSSR count). The van der Waals surface area contributed by atoms with Gasteiger partial charge >= 0.3 is 0 Å². The fourth-order valence-electron chi connectivity index (χ4n) is 2.39. The molecule has 0 amide bonds. The lowest BCUT2D eigenvalue weighted by Gasteiger charge is -2.22. The van der Waals surface area contributed by atoms with Crippen molar-refractivity contribution in [3.63, 3.8) is 0 Å². The molecule has 1 unspecified atom stereocenters. The van der Waals surface area contributed by atoms with Crippen LogP contribution in [-0.4, -0.2) is 28.4 Å². The van der Waals surface area contributed by atoms with E-state index in [2.05, 4.69) is 43.1 Å². The van der Waals surface area contributed by atoms with Gasteiger partial charge in [-0.1, -0.05) is 6.92 Å². The Bertz CT molecular complexity index is 576. The van der Waals surface area contributed by atoms with E-state index < -0.39 is 0 Å². The fraction of sp³-hybridized carbons (Fsp3) is 0.600. The highest BCUT2D eigenvalue weighted by Gasteiger charge is 2.26. The lowest BCUT2D eigenvalue weighted by atomic mass is 10.1. The average molecular weight is 308 g/mol. The standard InChI is InChI=1S/C15H24N4OS/c1-6-7-16-13(15-11(4)17-9-21-15)14-12(20-5)8-18-19(14)10(2)3/h8-10,13,16H,6-7H2,1-5H3. The molecule has 0 aromatic carbocycles. The molecule has 2 heterocycles. The van der Waals surface area contributed by atoms with E-state index in [1.54, 1.807) is 24.6 Å². The van der Waals surface area contributed by atoms with E-state index in [0.29, 0.717) is 0 Å².